The normalized spacial score (nSPS) is 11.1. The quantitative estimate of drug-likeness (QED) is 0.499. The molecule has 3 N–H and O–H groups in total. The number of carbonyl (C=O) groups excluding carboxylic acids is 1. The summed E-state index contributed by atoms with van der Waals surface area (Å²) in [5.74, 6) is -1.42. The van der Waals surface area contributed by atoms with Crippen molar-refractivity contribution >= 4 is 11.9 Å². The minimum Gasteiger partial charge on any atom is -0.477 e. The summed E-state index contributed by atoms with van der Waals surface area (Å²) in [6.45, 7) is -0.0464. The van der Waals surface area contributed by atoms with Gasteiger partial charge in [-0.1, -0.05) is 0 Å². The van der Waals surface area contributed by atoms with Crippen LogP contribution in [0.2, 0.25) is 0 Å². The number of rotatable bonds is 4. The summed E-state index contributed by atoms with van der Waals surface area (Å²) < 4.78 is 0.0880. The minimum atomic E-state index is -0.934. The van der Waals surface area contributed by atoms with Crippen molar-refractivity contribution in [3.05, 3.63) is 0 Å². The predicted octanol–water partition coefficient (Wildman–Crippen LogP) is -1.37. The maximum Gasteiger partial charge on any atom is 0.359 e. The molecular formula is C6H13N2O3+. The van der Waals surface area contributed by atoms with E-state index in [1.54, 1.807) is 14.1 Å². The van der Waals surface area contributed by atoms with E-state index in [1.807, 2.05) is 0 Å². The van der Waals surface area contributed by atoms with E-state index in [9.17, 15) is 9.59 Å². The number of hydrogen-bond donors (Lipinski definition) is 2. The van der Waals surface area contributed by atoms with E-state index >= 15 is 0 Å². The summed E-state index contributed by atoms with van der Waals surface area (Å²) in [4.78, 5) is 20.6. The summed E-state index contributed by atoms with van der Waals surface area (Å²) in [7, 11) is 3.28. The number of hydrogen-bond acceptors (Lipinski definition) is 2. The number of carbonyl (C=O) groups is 2. The highest BCUT2D eigenvalue weighted by Gasteiger charge is 2.21. The Hall–Kier alpha value is -1.10. The fraction of sp³-hybridized carbons (Fsp3) is 0.667. The van der Waals surface area contributed by atoms with Crippen LogP contribution >= 0.6 is 0 Å². The van der Waals surface area contributed by atoms with Gasteiger partial charge in [0.25, 0.3) is 5.91 Å². The number of carboxylic acid groups (broad SMARTS) is 1. The number of aliphatic carboxylic acids is 1. The van der Waals surface area contributed by atoms with E-state index < -0.39 is 11.9 Å². The van der Waals surface area contributed by atoms with Crippen LogP contribution in [0.1, 0.15) is 0 Å². The molecule has 0 bridgehead atoms. The molecule has 0 atom stereocenters. The average molecular weight is 161 g/mol. The molecule has 0 aromatic rings. The first kappa shape index (κ1) is 9.90. The summed E-state index contributed by atoms with van der Waals surface area (Å²) in [6.07, 6.45) is 0. The molecule has 0 rings (SSSR count). The molecule has 0 aromatic heterocycles. The van der Waals surface area contributed by atoms with Crippen LogP contribution in [0.5, 0.6) is 0 Å². The highest BCUT2D eigenvalue weighted by atomic mass is 16.4. The maximum atomic E-state index is 10.4. The second kappa shape index (κ2) is 3.34. The van der Waals surface area contributed by atoms with E-state index in [2.05, 4.69) is 0 Å². The van der Waals surface area contributed by atoms with Crippen LogP contribution in [-0.4, -0.2) is 48.7 Å². The highest BCUT2D eigenvalue weighted by Crippen LogP contribution is 1.94. The first-order chi connectivity index (χ1) is 4.83. The molecule has 0 spiro atoms. The second-order valence-electron chi connectivity index (χ2n) is 3.11. The van der Waals surface area contributed by atoms with Crippen molar-refractivity contribution in [2.75, 3.05) is 27.2 Å². The van der Waals surface area contributed by atoms with E-state index in [0.717, 1.165) is 0 Å². The fourth-order valence-electron chi connectivity index (χ4n) is 0.844. The lowest BCUT2D eigenvalue weighted by atomic mass is 10.4. The lowest BCUT2D eigenvalue weighted by Gasteiger charge is -2.25. The molecule has 0 radical (unpaired) electrons. The third-order valence-electron chi connectivity index (χ3n) is 1.15. The molecule has 5 heteroatoms. The molecule has 64 valence electrons. The first-order valence-corrected chi connectivity index (χ1v) is 3.15. The van der Waals surface area contributed by atoms with Crippen molar-refractivity contribution in [3.63, 3.8) is 0 Å². The average Bonchev–Trinajstić information content (AvgIpc) is 1.53. The van der Waals surface area contributed by atoms with Crippen LogP contribution in [0.3, 0.4) is 0 Å². The number of nitrogens with zero attached hydrogens (tertiary/aromatic N) is 1. The lowest BCUT2D eigenvalue weighted by molar-refractivity contribution is -0.874. The number of amides is 1. The van der Waals surface area contributed by atoms with Gasteiger partial charge in [0.2, 0.25) is 0 Å². The van der Waals surface area contributed by atoms with Crippen molar-refractivity contribution in [1.82, 2.24) is 0 Å². The molecule has 11 heavy (non-hydrogen) atoms. The molecule has 0 heterocycles. The van der Waals surface area contributed by atoms with Crippen LogP contribution in [0, 0.1) is 0 Å². The third-order valence-corrected chi connectivity index (χ3v) is 1.15. The predicted molar refractivity (Wildman–Crippen MR) is 38.7 cm³/mol. The second-order valence-corrected chi connectivity index (χ2v) is 3.11. The number of nitrogens with two attached hydrogens (primary N) is 1. The van der Waals surface area contributed by atoms with Crippen molar-refractivity contribution in [2.45, 2.75) is 0 Å². The van der Waals surface area contributed by atoms with Gasteiger partial charge in [-0.3, -0.25) is 4.79 Å². The zero-order valence-corrected chi connectivity index (χ0v) is 6.70. The van der Waals surface area contributed by atoms with E-state index in [0.29, 0.717) is 0 Å². The summed E-state index contributed by atoms with van der Waals surface area (Å²) in [6, 6.07) is 0. The number of likely N-dealkylation sites (N-methyl/N-ethyl adjacent to an activating group) is 1. The SMILES string of the molecule is C[N+](C)(CC(N)=O)CC(=O)O. The Balaban J connectivity index is 3.99. The molecule has 1 amide bonds. The molecule has 0 aromatic carbocycles. The van der Waals surface area contributed by atoms with Crippen LogP contribution in [0.15, 0.2) is 0 Å². The Morgan fingerprint density at radius 3 is 2.09 bits per heavy atom. The van der Waals surface area contributed by atoms with Gasteiger partial charge in [-0.25, -0.2) is 4.79 Å². The fourth-order valence-corrected chi connectivity index (χ4v) is 0.844. The number of primary amides is 1. The van der Waals surface area contributed by atoms with Crippen LogP contribution < -0.4 is 5.73 Å². The number of carboxylic acids is 1. The Morgan fingerprint density at radius 1 is 1.36 bits per heavy atom. The van der Waals surface area contributed by atoms with Crippen molar-refractivity contribution in [2.24, 2.45) is 5.73 Å². The Labute approximate surface area is 65.0 Å². The summed E-state index contributed by atoms with van der Waals surface area (Å²) in [5.41, 5.74) is 4.91. The van der Waals surface area contributed by atoms with Gasteiger partial charge in [0.1, 0.15) is 0 Å². The smallest absolute Gasteiger partial charge is 0.359 e. The van der Waals surface area contributed by atoms with Gasteiger partial charge in [-0.15, -0.1) is 0 Å². The molecule has 0 fully saturated rings. The van der Waals surface area contributed by atoms with E-state index in [4.69, 9.17) is 10.8 Å². The zero-order valence-electron chi connectivity index (χ0n) is 6.70. The van der Waals surface area contributed by atoms with Gasteiger partial charge in [-0.05, 0) is 0 Å². The van der Waals surface area contributed by atoms with Crippen LogP contribution in [-0.2, 0) is 9.59 Å². The van der Waals surface area contributed by atoms with Gasteiger partial charge >= 0.3 is 5.97 Å². The summed E-state index contributed by atoms with van der Waals surface area (Å²) >= 11 is 0. The van der Waals surface area contributed by atoms with Gasteiger partial charge in [0, 0.05) is 0 Å². The van der Waals surface area contributed by atoms with Crippen LogP contribution in [0.4, 0.5) is 0 Å². The Kier molecular flexibility index (Phi) is 3.00. The largest absolute Gasteiger partial charge is 0.477 e. The molecule has 0 saturated heterocycles. The lowest BCUT2D eigenvalue weighted by Crippen LogP contribution is -2.48. The number of quaternary nitrogens is 1. The monoisotopic (exact) mass is 161 g/mol. The topological polar surface area (TPSA) is 80.4 Å². The van der Waals surface area contributed by atoms with Crippen molar-refractivity contribution in [3.8, 4) is 0 Å². The van der Waals surface area contributed by atoms with Crippen LogP contribution in [0.25, 0.3) is 0 Å². The van der Waals surface area contributed by atoms with Crippen molar-refractivity contribution in [1.29, 1.82) is 0 Å². The third kappa shape index (κ3) is 5.35. The van der Waals surface area contributed by atoms with Gasteiger partial charge < -0.3 is 15.3 Å². The van der Waals surface area contributed by atoms with Crippen molar-refractivity contribution < 1.29 is 19.2 Å². The molecule has 0 unspecified atom stereocenters. The first-order valence-electron chi connectivity index (χ1n) is 3.15. The van der Waals surface area contributed by atoms with Gasteiger partial charge in [-0.2, -0.15) is 0 Å². The van der Waals surface area contributed by atoms with E-state index in [1.165, 1.54) is 0 Å². The minimum absolute atomic E-state index is 0.0479. The molecule has 5 nitrogen and oxygen atoms in total. The summed E-state index contributed by atoms with van der Waals surface area (Å²) in [5, 5.41) is 8.39. The molecular weight excluding hydrogens is 148 g/mol. The highest BCUT2D eigenvalue weighted by molar-refractivity contribution is 5.75. The Bertz CT molecular complexity index is 159. The molecule has 0 aliphatic rings. The van der Waals surface area contributed by atoms with E-state index in [-0.39, 0.29) is 17.6 Å². The maximum absolute atomic E-state index is 10.4. The molecule has 0 aliphatic heterocycles. The van der Waals surface area contributed by atoms with Gasteiger partial charge in [0.05, 0.1) is 14.1 Å². The van der Waals surface area contributed by atoms with Gasteiger partial charge in [0.15, 0.2) is 13.1 Å². The Morgan fingerprint density at radius 2 is 1.82 bits per heavy atom. The zero-order chi connectivity index (χ0) is 9.07. The molecule has 0 aliphatic carbocycles. The molecule has 0 saturated carbocycles. The standard InChI is InChI=1S/C6H12N2O3/c1-8(2,3-5(7)9)4-6(10)11/h3-4H2,1-2H3,(H2-,7,9,10,11)/p+1.